The minimum Gasteiger partial charge on any atom is -0.319 e. The van der Waals surface area contributed by atoms with Gasteiger partial charge in [0.1, 0.15) is 0 Å². The van der Waals surface area contributed by atoms with Crippen LogP contribution in [-0.2, 0) is 0 Å². The maximum Gasteiger partial charge on any atom is 0.257 e. The van der Waals surface area contributed by atoms with Crippen molar-refractivity contribution in [3.8, 4) is 16.9 Å². The van der Waals surface area contributed by atoms with E-state index in [1.54, 1.807) is 35.5 Å². The van der Waals surface area contributed by atoms with Crippen LogP contribution in [0.2, 0.25) is 0 Å². The van der Waals surface area contributed by atoms with Crippen LogP contribution >= 0.6 is 15.9 Å². The summed E-state index contributed by atoms with van der Waals surface area (Å²) < 4.78 is 2.66. The maximum atomic E-state index is 12.7. The van der Waals surface area contributed by atoms with E-state index in [9.17, 15) is 4.79 Å². The van der Waals surface area contributed by atoms with Gasteiger partial charge in [-0.05, 0) is 43.3 Å². The lowest BCUT2D eigenvalue weighted by Crippen LogP contribution is -2.14. The number of carbonyl (C=O) groups excluding carboxylic acids is 1. The highest BCUT2D eigenvalue weighted by Gasteiger charge is 2.13. The highest BCUT2D eigenvalue weighted by atomic mass is 79.9. The molecule has 0 aliphatic heterocycles. The molecular weight excluding hydrogens is 418 g/mol. The van der Waals surface area contributed by atoms with E-state index in [-0.39, 0.29) is 5.91 Å². The van der Waals surface area contributed by atoms with Gasteiger partial charge < -0.3 is 5.32 Å². The van der Waals surface area contributed by atoms with Gasteiger partial charge in [0.2, 0.25) is 0 Å². The zero-order valence-electron chi connectivity index (χ0n) is 15.0. The van der Waals surface area contributed by atoms with Crippen LogP contribution in [0.3, 0.4) is 0 Å². The lowest BCUT2D eigenvalue weighted by Gasteiger charge is -2.08. The Hall–Kier alpha value is -3.32. The topological polar surface area (TPSA) is 72.7 Å². The van der Waals surface area contributed by atoms with Gasteiger partial charge in [0.25, 0.3) is 5.91 Å². The molecule has 0 saturated carbocycles. The molecule has 0 atom stereocenters. The Morgan fingerprint density at radius 1 is 1.11 bits per heavy atom. The lowest BCUT2D eigenvalue weighted by molar-refractivity contribution is 0.102. The fourth-order valence-corrected chi connectivity index (χ4v) is 3.23. The average Bonchev–Trinajstić information content (AvgIpc) is 3.17. The van der Waals surface area contributed by atoms with Crippen LogP contribution in [-0.4, -0.2) is 25.7 Å². The molecule has 0 fully saturated rings. The van der Waals surface area contributed by atoms with Gasteiger partial charge in [0.05, 0.1) is 40.7 Å². The van der Waals surface area contributed by atoms with E-state index in [4.69, 9.17) is 0 Å². The molecule has 3 heterocycles. The quantitative estimate of drug-likeness (QED) is 0.508. The molecule has 0 bridgehead atoms. The number of amides is 1. The molecule has 1 N–H and O–H groups in total. The van der Waals surface area contributed by atoms with E-state index in [0.29, 0.717) is 16.9 Å². The third-order valence-electron chi connectivity index (χ3n) is 4.22. The van der Waals surface area contributed by atoms with Crippen LogP contribution < -0.4 is 5.32 Å². The molecule has 0 unspecified atom stereocenters. The second kappa shape index (κ2) is 7.74. The fourth-order valence-electron chi connectivity index (χ4n) is 2.83. The van der Waals surface area contributed by atoms with Gasteiger partial charge in [0, 0.05) is 22.4 Å². The van der Waals surface area contributed by atoms with E-state index in [2.05, 4.69) is 36.3 Å². The summed E-state index contributed by atoms with van der Waals surface area (Å²) in [4.78, 5) is 21.3. The molecule has 4 rings (SSSR count). The molecule has 138 valence electrons. The number of aryl methyl sites for hydroxylation is 1. The summed E-state index contributed by atoms with van der Waals surface area (Å²) in [5, 5.41) is 7.14. The second-order valence-electron chi connectivity index (χ2n) is 6.17. The number of halogens is 1. The van der Waals surface area contributed by atoms with Gasteiger partial charge in [0.15, 0.2) is 0 Å². The van der Waals surface area contributed by atoms with Gasteiger partial charge in [-0.1, -0.05) is 28.1 Å². The summed E-state index contributed by atoms with van der Waals surface area (Å²) in [6.45, 7) is 1.83. The predicted octanol–water partition coefficient (Wildman–Crippen LogP) is 4.65. The lowest BCUT2D eigenvalue weighted by atomic mass is 10.1. The summed E-state index contributed by atoms with van der Waals surface area (Å²) in [6, 6.07) is 15.2. The van der Waals surface area contributed by atoms with Gasteiger partial charge >= 0.3 is 0 Å². The summed E-state index contributed by atoms with van der Waals surface area (Å²) in [5.74, 6) is -0.222. The highest BCUT2D eigenvalue weighted by Crippen LogP contribution is 2.23. The Morgan fingerprint density at radius 2 is 1.93 bits per heavy atom. The van der Waals surface area contributed by atoms with E-state index < -0.39 is 0 Å². The molecule has 28 heavy (non-hydrogen) atoms. The van der Waals surface area contributed by atoms with Crippen LogP contribution in [0.4, 0.5) is 5.69 Å². The predicted molar refractivity (Wildman–Crippen MR) is 111 cm³/mol. The molecule has 1 amide bonds. The number of nitrogens with one attached hydrogen (secondary N) is 1. The molecule has 0 radical (unpaired) electrons. The standard InChI is InChI=1S/C21H16BrN5O/c1-14-19(5-6-20(25-14)15-3-2-4-16(22)11-15)21(28)26-17-12-24-27(13-17)18-7-9-23-10-8-18/h2-13H,1H3,(H,26,28). The minimum absolute atomic E-state index is 0.222. The number of rotatable bonds is 4. The third-order valence-corrected chi connectivity index (χ3v) is 4.71. The number of nitrogens with zero attached hydrogens (tertiary/aromatic N) is 4. The molecule has 0 aliphatic carbocycles. The van der Waals surface area contributed by atoms with Gasteiger partial charge in [-0.25, -0.2) is 4.68 Å². The zero-order valence-corrected chi connectivity index (χ0v) is 16.6. The number of hydrogen-bond acceptors (Lipinski definition) is 4. The number of benzene rings is 1. The second-order valence-corrected chi connectivity index (χ2v) is 7.09. The van der Waals surface area contributed by atoms with E-state index in [0.717, 1.165) is 21.4 Å². The summed E-state index contributed by atoms with van der Waals surface area (Å²) in [5.41, 5.74) is 4.47. The third kappa shape index (κ3) is 3.84. The molecule has 6 nitrogen and oxygen atoms in total. The molecule has 4 aromatic rings. The van der Waals surface area contributed by atoms with Crippen molar-refractivity contribution in [2.75, 3.05) is 5.32 Å². The average molecular weight is 434 g/mol. The summed E-state index contributed by atoms with van der Waals surface area (Å²) in [6.07, 6.45) is 6.75. The molecule has 0 aliphatic rings. The van der Waals surface area contributed by atoms with Gasteiger partial charge in [-0.15, -0.1) is 0 Å². The first-order valence-corrected chi connectivity index (χ1v) is 9.39. The SMILES string of the molecule is Cc1nc(-c2cccc(Br)c2)ccc1C(=O)Nc1cnn(-c2ccncc2)c1. The maximum absolute atomic E-state index is 12.7. The van der Waals surface area contributed by atoms with Crippen LogP contribution in [0.15, 0.2) is 77.8 Å². The first-order chi connectivity index (χ1) is 13.6. The molecular formula is C21H16BrN5O. The summed E-state index contributed by atoms with van der Waals surface area (Å²) in [7, 11) is 0. The van der Waals surface area contributed by atoms with Crippen LogP contribution in [0.5, 0.6) is 0 Å². The Kier molecular flexibility index (Phi) is 4.99. The highest BCUT2D eigenvalue weighted by molar-refractivity contribution is 9.10. The number of anilines is 1. The number of pyridine rings is 2. The monoisotopic (exact) mass is 433 g/mol. The van der Waals surface area contributed by atoms with Crippen LogP contribution in [0.1, 0.15) is 16.1 Å². The van der Waals surface area contributed by atoms with Crippen molar-refractivity contribution in [1.29, 1.82) is 0 Å². The van der Waals surface area contributed by atoms with Crippen molar-refractivity contribution in [3.05, 3.63) is 89.0 Å². The number of hydrogen-bond donors (Lipinski definition) is 1. The normalized spacial score (nSPS) is 10.6. The van der Waals surface area contributed by atoms with E-state index in [1.165, 1.54) is 0 Å². The van der Waals surface area contributed by atoms with Crippen molar-refractivity contribution in [2.24, 2.45) is 0 Å². The summed E-state index contributed by atoms with van der Waals surface area (Å²) >= 11 is 3.47. The zero-order chi connectivity index (χ0) is 19.5. The number of aromatic nitrogens is 4. The Labute approximate surface area is 170 Å². The van der Waals surface area contributed by atoms with Crippen molar-refractivity contribution in [1.82, 2.24) is 19.7 Å². The van der Waals surface area contributed by atoms with Crippen molar-refractivity contribution < 1.29 is 4.79 Å². The largest absolute Gasteiger partial charge is 0.319 e. The smallest absolute Gasteiger partial charge is 0.257 e. The Morgan fingerprint density at radius 3 is 2.68 bits per heavy atom. The fraction of sp³-hybridized carbons (Fsp3) is 0.0476. The van der Waals surface area contributed by atoms with Crippen LogP contribution in [0, 0.1) is 6.92 Å². The molecule has 3 aromatic heterocycles. The van der Waals surface area contributed by atoms with Gasteiger partial charge in [-0.3, -0.25) is 14.8 Å². The van der Waals surface area contributed by atoms with E-state index >= 15 is 0 Å². The molecule has 7 heteroatoms. The Bertz CT molecular complexity index is 1140. The van der Waals surface area contributed by atoms with Crippen molar-refractivity contribution in [3.63, 3.8) is 0 Å². The van der Waals surface area contributed by atoms with Crippen LogP contribution in [0.25, 0.3) is 16.9 Å². The minimum atomic E-state index is -0.222. The van der Waals surface area contributed by atoms with E-state index in [1.807, 2.05) is 49.4 Å². The van der Waals surface area contributed by atoms with Gasteiger partial charge in [-0.2, -0.15) is 5.10 Å². The molecule has 1 aromatic carbocycles. The first-order valence-electron chi connectivity index (χ1n) is 8.60. The first kappa shape index (κ1) is 18.1. The Balaban J connectivity index is 1.53. The number of carbonyl (C=O) groups is 1. The molecule has 0 saturated heterocycles. The molecule has 0 spiro atoms. The van der Waals surface area contributed by atoms with Crippen molar-refractivity contribution >= 4 is 27.5 Å². The van der Waals surface area contributed by atoms with Crippen molar-refractivity contribution in [2.45, 2.75) is 6.92 Å².